The van der Waals surface area contributed by atoms with Crippen molar-refractivity contribution in [1.29, 1.82) is 0 Å². The maximum absolute atomic E-state index is 12.7. The third-order valence-electron chi connectivity index (χ3n) is 4.24. The Balaban J connectivity index is 2.05. The summed E-state index contributed by atoms with van der Waals surface area (Å²) in [6, 6.07) is 12.3. The van der Waals surface area contributed by atoms with Crippen molar-refractivity contribution < 1.29 is 23.9 Å². The molecule has 0 bridgehead atoms. The van der Waals surface area contributed by atoms with E-state index in [4.69, 9.17) is 4.74 Å². The molecule has 154 valence electrons. The minimum Gasteiger partial charge on any atom is -0.494 e. The van der Waals surface area contributed by atoms with Crippen LogP contribution in [0.4, 0.5) is 5.69 Å². The summed E-state index contributed by atoms with van der Waals surface area (Å²) < 4.78 is 10.0. The Morgan fingerprint density at radius 1 is 0.931 bits per heavy atom. The number of hydrogen-bond acceptors (Lipinski definition) is 5. The molecule has 2 rings (SSSR count). The van der Waals surface area contributed by atoms with Gasteiger partial charge in [-0.25, -0.2) is 4.79 Å². The maximum atomic E-state index is 12.7. The number of rotatable bonds is 8. The van der Waals surface area contributed by atoms with E-state index in [-0.39, 0.29) is 17.7 Å². The summed E-state index contributed by atoms with van der Waals surface area (Å²) in [6.07, 6.45) is 0. The summed E-state index contributed by atoms with van der Waals surface area (Å²) in [7, 11) is 1.30. The van der Waals surface area contributed by atoms with E-state index in [1.165, 1.54) is 7.11 Å². The number of nitrogens with one attached hydrogen (secondary N) is 2. The van der Waals surface area contributed by atoms with Crippen LogP contribution in [0.2, 0.25) is 0 Å². The summed E-state index contributed by atoms with van der Waals surface area (Å²) in [5, 5.41) is 5.54. The quantitative estimate of drug-likeness (QED) is 0.666. The SMILES string of the molecule is CCOc1ccc(C(=O)N[C@H](C(=O)Nc2ccc(C(=O)OC)cc2)C(C)C)cc1. The molecule has 2 amide bonds. The first-order valence-corrected chi connectivity index (χ1v) is 9.38. The zero-order valence-electron chi connectivity index (χ0n) is 17.0. The lowest BCUT2D eigenvalue weighted by Gasteiger charge is -2.22. The van der Waals surface area contributed by atoms with Crippen LogP contribution in [0, 0.1) is 5.92 Å². The molecule has 2 N–H and O–H groups in total. The van der Waals surface area contributed by atoms with Crippen molar-refractivity contribution in [3.05, 3.63) is 59.7 Å². The van der Waals surface area contributed by atoms with Gasteiger partial charge in [-0.15, -0.1) is 0 Å². The molecule has 0 saturated heterocycles. The van der Waals surface area contributed by atoms with Crippen LogP contribution < -0.4 is 15.4 Å². The third-order valence-corrected chi connectivity index (χ3v) is 4.24. The molecular formula is C22H26N2O5. The number of anilines is 1. The lowest BCUT2D eigenvalue weighted by atomic mass is 10.0. The minimum absolute atomic E-state index is 0.129. The fraction of sp³-hybridized carbons (Fsp3) is 0.318. The number of carbonyl (C=O) groups is 3. The summed E-state index contributed by atoms with van der Waals surface area (Å²) in [6.45, 7) is 6.13. The predicted molar refractivity (Wildman–Crippen MR) is 110 cm³/mol. The van der Waals surface area contributed by atoms with Crippen LogP contribution in [0.15, 0.2) is 48.5 Å². The maximum Gasteiger partial charge on any atom is 0.337 e. The zero-order valence-corrected chi connectivity index (χ0v) is 17.0. The molecular weight excluding hydrogens is 372 g/mol. The highest BCUT2D eigenvalue weighted by Gasteiger charge is 2.25. The Morgan fingerprint density at radius 3 is 2.03 bits per heavy atom. The second-order valence-electron chi connectivity index (χ2n) is 6.71. The largest absolute Gasteiger partial charge is 0.494 e. The molecule has 1 atom stereocenters. The van der Waals surface area contributed by atoms with Crippen molar-refractivity contribution in [3.8, 4) is 5.75 Å². The first kappa shape index (κ1) is 21.9. The van der Waals surface area contributed by atoms with Gasteiger partial charge in [-0.3, -0.25) is 9.59 Å². The van der Waals surface area contributed by atoms with Gasteiger partial charge in [0.05, 0.1) is 19.3 Å². The average Bonchev–Trinajstić information content (AvgIpc) is 2.72. The summed E-state index contributed by atoms with van der Waals surface area (Å²) in [5.74, 6) is -0.591. The molecule has 0 aromatic heterocycles. The Hall–Kier alpha value is -3.35. The van der Waals surface area contributed by atoms with Gasteiger partial charge >= 0.3 is 5.97 Å². The molecule has 29 heavy (non-hydrogen) atoms. The normalized spacial score (nSPS) is 11.5. The highest BCUT2D eigenvalue weighted by Crippen LogP contribution is 2.15. The molecule has 2 aromatic rings. The van der Waals surface area contributed by atoms with Crippen LogP contribution in [0.1, 0.15) is 41.5 Å². The molecule has 0 unspecified atom stereocenters. The number of ether oxygens (including phenoxy) is 2. The van der Waals surface area contributed by atoms with Gasteiger partial charge < -0.3 is 20.1 Å². The predicted octanol–water partition coefficient (Wildman–Crippen LogP) is 3.27. The van der Waals surface area contributed by atoms with Crippen molar-refractivity contribution in [2.24, 2.45) is 5.92 Å². The summed E-state index contributed by atoms with van der Waals surface area (Å²) in [4.78, 5) is 36.7. The van der Waals surface area contributed by atoms with Crippen LogP contribution in [-0.4, -0.2) is 37.5 Å². The van der Waals surface area contributed by atoms with Crippen LogP contribution in [0.25, 0.3) is 0 Å². The molecule has 7 nitrogen and oxygen atoms in total. The number of benzene rings is 2. The molecule has 0 fully saturated rings. The van der Waals surface area contributed by atoms with Crippen molar-refractivity contribution in [2.75, 3.05) is 19.0 Å². The van der Waals surface area contributed by atoms with Crippen molar-refractivity contribution >= 4 is 23.5 Å². The molecule has 2 aromatic carbocycles. The van der Waals surface area contributed by atoms with Gasteiger partial charge in [0.15, 0.2) is 0 Å². The van der Waals surface area contributed by atoms with Crippen molar-refractivity contribution in [3.63, 3.8) is 0 Å². The lowest BCUT2D eigenvalue weighted by molar-refractivity contribution is -0.118. The fourth-order valence-electron chi connectivity index (χ4n) is 2.66. The molecule has 7 heteroatoms. The molecule has 0 spiro atoms. The molecule has 0 heterocycles. The van der Waals surface area contributed by atoms with Crippen LogP contribution >= 0.6 is 0 Å². The Kier molecular flexibility index (Phi) is 7.77. The van der Waals surface area contributed by atoms with Crippen LogP contribution in [0.5, 0.6) is 5.75 Å². The van der Waals surface area contributed by atoms with Gasteiger partial charge in [-0.2, -0.15) is 0 Å². The van der Waals surface area contributed by atoms with E-state index in [1.54, 1.807) is 48.5 Å². The van der Waals surface area contributed by atoms with Gasteiger partial charge in [0.2, 0.25) is 5.91 Å². The lowest BCUT2D eigenvalue weighted by Crippen LogP contribution is -2.47. The second kappa shape index (κ2) is 10.3. The van der Waals surface area contributed by atoms with Gasteiger partial charge in [-0.05, 0) is 61.4 Å². The van der Waals surface area contributed by atoms with Crippen molar-refractivity contribution in [1.82, 2.24) is 5.32 Å². The van der Waals surface area contributed by atoms with E-state index in [0.717, 1.165) is 0 Å². The first-order valence-electron chi connectivity index (χ1n) is 9.38. The second-order valence-corrected chi connectivity index (χ2v) is 6.71. The van der Waals surface area contributed by atoms with Gasteiger partial charge in [0.25, 0.3) is 5.91 Å². The van der Waals surface area contributed by atoms with Crippen LogP contribution in [0.3, 0.4) is 0 Å². The highest BCUT2D eigenvalue weighted by molar-refractivity contribution is 6.01. The number of hydrogen-bond donors (Lipinski definition) is 2. The average molecular weight is 398 g/mol. The van der Waals surface area contributed by atoms with E-state index in [2.05, 4.69) is 15.4 Å². The van der Waals surface area contributed by atoms with E-state index in [1.807, 2.05) is 20.8 Å². The highest BCUT2D eigenvalue weighted by atomic mass is 16.5. The van der Waals surface area contributed by atoms with Crippen LogP contribution in [-0.2, 0) is 9.53 Å². The van der Waals surface area contributed by atoms with Gasteiger partial charge in [0.1, 0.15) is 11.8 Å². The Morgan fingerprint density at radius 2 is 1.52 bits per heavy atom. The standard InChI is InChI=1S/C22H26N2O5/c1-5-29-18-12-8-15(9-13-18)20(25)24-19(14(2)3)21(26)23-17-10-6-16(7-11-17)22(27)28-4/h6-14,19H,5H2,1-4H3,(H,23,26)(H,24,25)/t19-/m0/s1. The fourth-order valence-corrected chi connectivity index (χ4v) is 2.66. The number of carbonyl (C=O) groups excluding carboxylic acids is 3. The molecule has 0 radical (unpaired) electrons. The van der Waals surface area contributed by atoms with E-state index in [9.17, 15) is 14.4 Å². The number of amides is 2. The summed E-state index contributed by atoms with van der Waals surface area (Å²) >= 11 is 0. The van der Waals surface area contributed by atoms with E-state index >= 15 is 0 Å². The van der Waals surface area contributed by atoms with Crippen molar-refractivity contribution in [2.45, 2.75) is 26.8 Å². The third kappa shape index (κ3) is 6.07. The van der Waals surface area contributed by atoms with E-state index in [0.29, 0.717) is 29.2 Å². The zero-order chi connectivity index (χ0) is 21.4. The molecule has 0 aliphatic rings. The minimum atomic E-state index is -0.727. The Labute approximate surface area is 170 Å². The number of methoxy groups -OCH3 is 1. The van der Waals surface area contributed by atoms with Gasteiger partial charge in [0, 0.05) is 11.3 Å². The number of esters is 1. The first-order chi connectivity index (χ1) is 13.8. The van der Waals surface area contributed by atoms with E-state index < -0.39 is 12.0 Å². The Bertz CT molecular complexity index is 845. The molecule has 0 saturated carbocycles. The molecule has 0 aliphatic heterocycles. The molecule has 0 aliphatic carbocycles. The summed E-state index contributed by atoms with van der Waals surface area (Å²) in [5.41, 5.74) is 1.34. The monoisotopic (exact) mass is 398 g/mol. The topological polar surface area (TPSA) is 93.7 Å². The van der Waals surface area contributed by atoms with Gasteiger partial charge in [-0.1, -0.05) is 13.8 Å². The smallest absolute Gasteiger partial charge is 0.337 e.